The summed E-state index contributed by atoms with van der Waals surface area (Å²) in [6.45, 7) is 0. The van der Waals surface area contributed by atoms with Crippen molar-refractivity contribution in [2.75, 3.05) is 0 Å². The summed E-state index contributed by atoms with van der Waals surface area (Å²) in [5, 5.41) is 0.729. The third kappa shape index (κ3) is 2.89. The highest BCUT2D eigenvalue weighted by Gasteiger charge is 2.17. The minimum Gasteiger partial charge on any atom is -0.227 e. The molecule has 0 atom stereocenters. The SMILES string of the molecule is Fc1ccc(Sc2nc(C(F)F)nc3ccccc23)c(F)c1. The molecule has 1 aromatic heterocycles. The van der Waals surface area contributed by atoms with Crippen molar-refractivity contribution in [2.24, 2.45) is 0 Å². The predicted octanol–water partition coefficient (Wildman–Crippen LogP) is 5.00. The van der Waals surface area contributed by atoms with E-state index in [0.717, 1.165) is 23.9 Å². The second-order valence-electron chi connectivity index (χ2n) is 4.38. The number of alkyl halides is 2. The van der Waals surface area contributed by atoms with E-state index < -0.39 is 23.9 Å². The summed E-state index contributed by atoms with van der Waals surface area (Å²) in [4.78, 5) is 7.69. The lowest BCUT2D eigenvalue weighted by atomic mass is 10.2. The zero-order chi connectivity index (χ0) is 15.7. The molecule has 2 nitrogen and oxygen atoms in total. The summed E-state index contributed by atoms with van der Waals surface area (Å²) in [6, 6.07) is 9.69. The first kappa shape index (κ1) is 14.8. The summed E-state index contributed by atoms with van der Waals surface area (Å²) < 4.78 is 52.5. The van der Waals surface area contributed by atoms with E-state index in [4.69, 9.17) is 0 Å². The Morgan fingerprint density at radius 2 is 1.73 bits per heavy atom. The van der Waals surface area contributed by atoms with Gasteiger partial charge in [0.15, 0.2) is 5.82 Å². The molecule has 1 heterocycles. The van der Waals surface area contributed by atoms with Gasteiger partial charge in [-0.15, -0.1) is 0 Å². The van der Waals surface area contributed by atoms with E-state index in [2.05, 4.69) is 9.97 Å². The maximum absolute atomic E-state index is 13.7. The Kier molecular flexibility index (Phi) is 3.98. The van der Waals surface area contributed by atoms with Gasteiger partial charge in [-0.3, -0.25) is 0 Å². The zero-order valence-corrected chi connectivity index (χ0v) is 11.7. The Bertz CT molecular complexity index is 839. The lowest BCUT2D eigenvalue weighted by Crippen LogP contribution is -1.98. The van der Waals surface area contributed by atoms with Crippen molar-refractivity contribution in [3.63, 3.8) is 0 Å². The maximum atomic E-state index is 13.7. The molecule has 7 heteroatoms. The van der Waals surface area contributed by atoms with Gasteiger partial charge in [0.2, 0.25) is 0 Å². The van der Waals surface area contributed by atoms with Gasteiger partial charge in [0, 0.05) is 16.3 Å². The summed E-state index contributed by atoms with van der Waals surface area (Å²) in [5.74, 6) is -2.10. The van der Waals surface area contributed by atoms with Gasteiger partial charge in [-0.05, 0) is 18.2 Å². The van der Waals surface area contributed by atoms with Gasteiger partial charge in [-0.25, -0.2) is 27.5 Å². The van der Waals surface area contributed by atoms with Crippen LogP contribution in [0.25, 0.3) is 10.9 Å². The van der Waals surface area contributed by atoms with Crippen LogP contribution in [0.15, 0.2) is 52.4 Å². The number of nitrogens with zero attached hydrogens (tertiary/aromatic N) is 2. The van der Waals surface area contributed by atoms with E-state index >= 15 is 0 Å². The van der Waals surface area contributed by atoms with Crippen LogP contribution in [0, 0.1) is 11.6 Å². The molecule has 112 valence electrons. The molecule has 3 aromatic rings. The van der Waals surface area contributed by atoms with Crippen molar-refractivity contribution in [2.45, 2.75) is 16.3 Å². The molecule has 0 aliphatic rings. The van der Waals surface area contributed by atoms with E-state index in [1.807, 2.05) is 0 Å². The van der Waals surface area contributed by atoms with Gasteiger partial charge in [0.05, 0.1) is 5.52 Å². The van der Waals surface area contributed by atoms with Gasteiger partial charge < -0.3 is 0 Å². The van der Waals surface area contributed by atoms with E-state index in [-0.39, 0.29) is 9.92 Å². The average molecular weight is 324 g/mol. The third-order valence-electron chi connectivity index (χ3n) is 2.88. The molecule has 0 N–H and O–H groups in total. The van der Waals surface area contributed by atoms with Crippen LogP contribution in [0.1, 0.15) is 12.2 Å². The minimum absolute atomic E-state index is 0.102. The summed E-state index contributed by atoms with van der Waals surface area (Å²) >= 11 is 0.858. The molecule has 3 rings (SSSR count). The van der Waals surface area contributed by atoms with Gasteiger partial charge in [0.25, 0.3) is 6.43 Å². The second-order valence-corrected chi connectivity index (χ2v) is 5.41. The fraction of sp³-hybridized carbons (Fsp3) is 0.0667. The fourth-order valence-corrected chi connectivity index (χ4v) is 2.82. The molecule has 0 saturated heterocycles. The topological polar surface area (TPSA) is 25.8 Å². The van der Waals surface area contributed by atoms with Crippen LogP contribution in [0.3, 0.4) is 0 Å². The molecule has 22 heavy (non-hydrogen) atoms. The van der Waals surface area contributed by atoms with Crippen molar-refractivity contribution < 1.29 is 17.6 Å². The van der Waals surface area contributed by atoms with Crippen LogP contribution in [0.4, 0.5) is 17.6 Å². The summed E-state index contributed by atoms with van der Waals surface area (Å²) in [5.41, 5.74) is 0.345. The number of hydrogen-bond donors (Lipinski definition) is 0. The first-order valence-electron chi connectivity index (χ1n) is 6.22. The molecule has 0 saturated carbocycles. The molecule has 0 radical (unpaired) electrons. The number of para-hydroxylation sites is 1. The van der Waals surface area contributed by atoms with E-state index in [9.17, 15) is 17.6 Å². The van der Waals surface area contributed by atoms with Crippen LogP contribution in [0.2, 0.25) is 0 Å². The van der Waals surface area contributed by atoms with Crippen LogP contribution in [-0.2, 0) is 0 Å². The Morgan fingerprint density at radius 3 is 2.45 bits per heavy atom. The number of benzene rings is 2. The van der Waals surface area contributed by atoms with Gasteiger partial charge >= 0.3 is 0 Å². The average Bonchev–Trinajstić information content (AvgIpc) is 2.49. The van der Waals surface area contributed by atoms with Crippen molar-refractivity contribution in [1.29, 1.82) is 0 Å². The Hall–Kier alpha value is -2.15. The molecular formula is C15H8F4N2S. The first-order valence-corrected chi connectivity index (χ1v) is 7.04. The minimum atomic E-state index is -2.83. The Balaban J connectivity index is 2.12. The number of aromatic nitrogens is 2. The first-order chi connectivity index (χ1) is 10.5. The summed E-state index contributed by atoms with van der Waals surface area (Å²) in [6.07, 6.45) is -2.83. The monoisotopic (exact) mass is 324 g/mol. The predicted molar refractivity (Wildman–Crippen MR) is 75.0 cm³/mol. The van der Waals surface area contributed by atoms with Crippen LogP contribution >= 0.6 is 11.8 Å². The zero-order valence-electron chi connectivity index (χ0n) is 10.9. The number of fused-ring (bicyclic) bond motifs is 1. The lowest BCUT2D eigenvalue weighted by Gasteiger charge is -2.08. The molecule has 0 aliphatic carbocycles. The molecular weight excluding hydrogens is 316 g/mol. The second kappa shape index (κ2) is 5.92. The smallest absolute Gasteiger partial charge is 0.227 e. The molecule has 0 fully saturated rings. The number of halogens is 4. The molecule has 2 aromatic carbocycles. The Labute approximate surface area is 127 Å². The normalized spacial score (nSPS) is 11.3. The maximum Gasteiger partial charge on any atom is 0.297 e. The van der Waals surface area contributed by atoms with Crippen molar-refractivity contribution in [1.82, 2.24) is 9.97 Å². The van der Waals surface area contributed by atoms with Crippen molar-refractivity contribution >= 4 is 22.7 Å². The fourth-order valence-electron chi connectivity index (χ4n) is 1.90. The highest BCUT2D eigenvalue weighted by molar-refractivity contribution is 7.99. The van der Waals surface area contributed by atoms with Crippen LogP contribution in [0.5, 0.6) is 0 Å². The van der Waals surface area contributed by atoms with E-state index in [0.29, 0.717) is 10.9 Å². The quantitative estimate of drug-likeness (QED) is 0.501. The van der Waals surface area contributed by atoms with Gasteiger partial charge in [-0.1, -0.05) is 30.0 Å². The van der Waals surface area contributed by atoms with E-state index in [1.165, 1.54) is 6.07 Å². The molecule has 0 bridgehead atoms. The third-order valence-corrected chi connectivity index (χ3v) is 3.94. The van der Waals surface area contributed by atoms with Crippen LogP contribution < -0.4 is 0 Å². The van der Waals surface area contributed by atoms with Gasteiger partial charge in [-0.2, -0.15) is 0 Å². The van der Waals surface area contributed by atoms with Crippen molar-refractivity contribution in [3.05, 3.63) is 59.9 Å². The standard InChI is InChI=1S/C15H8F4N2S/c16-8-5-6-12(10(17)7-8)22-15-9-3-1-2-4-11(9)20-14(21-15)13(18)19/h1-7,13H. The number of hydrogen-bond acceptors (Lipinski definition) is 3. The highest BCUT2D eigenvalue weighted by atomic mass is 32.2. The highest BCUT2D eigenvalue weighted by Crippen LogP contribution is 2.34. The molecule has 0 aliphatic heterocycles. The van der Waals surface area contributed by atoms with Crippen LogP contribution in [-0.4, -0.2) is 9.97 Å². The lowest BCUT2D eigenvalue weighted by molar-refractivity contribution is 0.140. The molecule has 0 spiro atoms. The van der Waals surface area contributed by atoms with E-state index in [1.54, 1.807) is 24.3 Å². The Morgan fingerprint density at radius 1 is 0.955 bits per heavy atom. The van der Waals surface area contributed by atoms with Crippen molar-refractivity contribution in [3.8, 4) is 0 Å². The number of rotatable bonds is 3. The largest absolute Gasteiger partial charge is 0.297 e. The molecule has 0 amide bonds. The summed E-state index contributed by atoms with van der Waals surface area (Å²) in [7, 11) is 0. The van der Waals surface area contributed by atoms with Gasteiger partial charge in [0.1, 0.15) is 16.7 Å². The molecule has 0 unspecified atom stereocenters.